The third-order valence-electron chi connectivity index (χ3n) is 6.97. The molecule has 4 rings (SSSR count). The Labute approximate surface area is 218 Å². The number of rotatable bonds is 10. The maximum Gasteiger partial charge on any atom is 0.255 e. The molecule has 2 aromatic carbocycles. The van der Waals surface area contributed by atoms with E-state index in [-0.39, 0.29) is 49.5 Å². The van der Waals surface area contributed by atoms with Crippen LogP contribution in [0.15, 0.2) is 18.2 Å². The number of carbonyl (C=O) groups is 3. The van der Waals surface area contributed by atoms with E-state index in [4.69, 9.17) is 4.74 Å². The monoisotopic (exact) mass is 530 g/mol. The number of amides is 2. The minimum Gasteiger partial charge on any atom is -0.504 e. The molecule has 1 saturated heterocycles. The zero-order valence-electron chi connectivity index (χ0n) is 21.0. The lowest BCUT2D eigenvalue weighted by Crippen LogP contribution is -2.46. The van der Waals surface area contributed by atoms with Gasteiger partial charge in [-0.25, -0.2) is 4.39 Å². The summed E-state index contributed by atoms with van der Waals surface area (Å²) >= 11 is 0. The fraction of sp³-hybridized carbons (Fsp3) is 0.423. The molecule has 12 heteroatoms. The molecule has 2 amide bonds. The minimum absolute atomic E-state index is 0.0416. The zero-order chi connectivity index (χ0) is 27.4. The molecule has 2 heterocycles. The molecule has 38 heavy (non-hydrogen) atoms. The van der Waals surface area contributed by atoms with Crippen LogP contribution in [0.3, 0.4) is 0 Å². The predicted molar refractivity (Wildman–Crippen MR) is 134 cm³/mol. The summed E-state index contributed by atoms with van der Waals surface area (Å²) in [5.41, 5.74) is 0.933. The summed E-state index contributed by atoms with van der Waals surface area (Å²) in [6, 6.07) is 4.06. The molecule has 0 radical (unpaired) electrons. The van der Waals surface area contributed by atoms with Gasteiger partial charge in [0.2, 0.25) is 5.91 Å². The fourth-order valence-corrected chi connectivity index (χ4v) is 4.85. The molecule has 204 valence electrons. The predicted octanol–water partition coefficient (Wildman–Crippen LogP) is 1.44. The highest BCUT2D eigenvalue weighted by Gasteiger charge is 2.37. The number of aromatic hydroxyl groups is 3. The average Bonchev–Trinajstić information content (AvgIpc) is 3.27. The number of ether oxygens (including phenoxy) is 1. The van der Waals surface area contributed by atoms with Gasteiger partial charge in [0.05, 0.1) is 24.3 Å². The van der Waals surface area contributed by atoms with Crippen LogP contribution in [0, 0.1) is 5.82 Å². The van der Waals surface area contributed by atoms with Crippen LogP contribution < -0.4 is 10.6 Å². The van der Waals surface area contributed by atoms with E-state index in [2.05, 4.69) is 10.6 Å². The Hall–Kier alpha value is -3.90. The summed E-state index contributed by atoms with van der Waals surface area (Å²) in [5, 5.41) is 37.2. The highest BCUT2D eigenvalue weighted by atomic mass is 19.1. The first-order valence-corrected chi connectivity index (χ1v) is 12.3. The second-order valence-electron chi connectivity index (χ2n) is 9.20. The number of morpholine rings is 1. The van der Waals surface area contributed by atoms with Crippen molar-refractivity contribution >= 4 is 23.8 Å². The number of likely N-dealkylation sites (N-methyl/N-ethyl adjacent to an activating group) is 1. The van der Waals surface area contributed by atoms with Crippen molar-refractivity contribution in [3.63, 3.8) is 0 Å². The minimum atomic E-state index is -1.06. The Balaban J connectivity index is 1.56. The van der Waals surface area contributed by atoms with E-state index in [1.165, 1.54) is 11.9 Å². The van der Waals surface area contributed by atoms with Crippen molar-refractivity contribution in [3.8, 4) is 17.2 Å². The molecular formula is C26H31FN4O7. The Morgan fingerprint density at radius 2 is 1.87 bits per heavy atom. The first-order chi connectivity index (χ1) is 18.3. The lowest BCUT2D eigenvalue weighted by molar-refractivity contribution is -0.125. The Morgan fingerprint density at radius 3 is 2.55 bits per heavy atom. The van der Waals surface area contributed by atoms with Gasteiger partial charge in [0.1, 0.15) is 12.3 Å². The Bertz CT molecular complexity index is 1200. The van der Waals surface area contributed by atoms with Crippen LogP contribution in [0.1, 0.15) is 39.9 Å². The van der Waals surface area contributed by atoms with Crippen LogP contribution in [0.25, 0.3) is 0 Å². The number of anilines is 1. The summed E-state index contributed by atoms with van der Waals surface area (Å²) in [6.07, 6.45) is 0.963. The van der Waals surface area contributed by atoms with Crippen LogP contribution in [-0.4, -0.2) is 82.6 Å². The Morgan fingerprint density at radius 1 is 1.16 bits per heavy atom. The normalized spacial score (nSPS) is 16.3. The molecule has 2 aliphatic rings. The summed E-state index contributed by atoms with van der Waals surface area (Å²) in [6.45, 7) is 1.84. The highest BCUT2D eigenvalue weighted by molar-refractivity contribution is 6.02. The lowest BCUT2D eigenvalue weighted by Gasteiger charge is -2.27. The van der Waals surface area contributed by atoms with E-state index in [0.29, 0.717) is 49.4 Å². The number of hydrogen-bond donors (Lipinski definition) is 5. The van der Waals surface area contributed by atoms with Crippen molar-refractivity contribution in [2.45, 2.75) is 38.5 Å². The molecule has 0 aromatic heterocycles. The van der Waals surface area contributed by atoms with E-state index in [9.17, 15) is 29.7 Å². The van der Waals surface area contributed by atoms with Gasteiger partial charge < -0.3 is 40.4 Å². The van der Waals surface area contributed by atoms with Gasteiger partial charge >= 0.3 is 0 Å². The Kier molecular flexibility index (Phi) is 8.32. The third-order valence-corrected chi connectivity index (χ3v) is 6.97. The van der Waals surface area contributed by atoms with Crippen molar-refractivity contribution in [2.75, 3.05) is 38.7 Å². The van der Waals surface area contributed by atoms with E-state index >= 15 is 4.39 Å². The number of aldehydes is 1. The van der Waals surface area contributed by atoms with E-state index < -0.39 is 35.0 Å². The third kappa shape index (κ3) is 5.22. The van der Waals surface area contributed by atoms with E-state index in [0.717, 1.165) is 0 Å². The fourth-order valence-electron chi connectivity index (χ4n) is 4.85. The molecule has 1 fully saturated rings. The maximum absolute atomic E-state index is 15.2. The van der Waals surface area contributed by atoms with Crippen LogP contribution in [-0.2, 0) is 34.0 Å². The summed E-state index contributed by atoms with van der Waals surface area (Å²) in [7, 11) is 1.45. The quantitative estimate of drug-likeness (QED) is 0.175. The molecule has 11 nitrogen and oxygen atoms in total. The van der Waals surface area contributed by atoms with Gasteiger partial charge in [-0.15, -0.1) is 0 Å². The molecule has 0 aliphatic carbocycles. The van der Waals surface area contributed by atoms with Crippen molar-refractivity contribution < 1.29 is 38.8 Å². The SMILES string of the molecule is CNC(=O)C(CCC=O)N1Cc2c(NCc3c(O)c(O)c(CN4CCOCC4)c(O)c3F)cccc2C1=O. The zero-order valence-corrected chi connectivity index (χ0v) is 21.0. The maximum atomic E-state index is 15.2. The number of nitrogens with one attached hydrogen (secondary N) is 2. The lowest BCUT2D eigenvalue weighted by atomic mass is 10.0. The summed E-state index contributed by atoms with van der Waals surface area (Å²) in [5.74, 6) is -3.86. The first-order valence-electron chi connectivity index (χ1n) is 12.3. The molecule has 1 atom stereocenters. The highest BCUT2D eigenvalue weighted by Crippen LogP contribution is 2.43. The van der Waals surface area contributed by atoms with Gasteiger partial charge in [-0.3, -0.25) is 14.5 Å². The molecular weight excluding hydrogens is 499 g/mol. The van der Waals surface area contributed by atoms with Crippen LogP contribution in [0.2, 0.25) is 0 Å². The van der Waals surface area contributed by atoms with E-state index in [1.807, 2.05) is 4.90 Å². The van der Waals surface area contributed by atoms with Gasteiger partial charge in [0, 0.05) is 63.0 Å². The smallest absolute Gasteiger partial charge is 0.255 e. The number of benzene rings is 2. The largest absolute Gasteiger partial charge is 0.504 e. The van der Waals surface area contributed by atoms with Crippen LogP contribution in [0.5, 0.6) is 17.2 Å². The van der Waals surface area contributed by atoms with E-state index in [1.54, 1.807) is 18.2 Å². The van der Waals surface area contributed by atoms with Gasteiger partial charge in [0.25, 0.3) is 5.91 Å². The summed E-state index contributed by atoms with van der Waals surface area (Å²) < 4.78 is 20.4. The number of phenolic OH excluding ortho intramolecular Hbond substituents is 3. The number of fused-ring (bicyclic) bond motifs is 1. The second kappa shape index (κ2) is 11.7. The molecule has 0 spiro atoms. The van der Waals surface area contributed by atoms with Crippen molar-refractivity contribution in [1.82, 2.24) is 15.1 Å². The van der Waals surface area contributed by atoms with Gasteiger partial charge in [0.15, 0.2) is 23.1 Å². The van der Waals surface area contributed by atoms with Crippen LogP contribution in [0.4, 0.5) is 10.1 Å². The molecule has 0 saturated carbocycles. The topological polar surface area (TPSA) is 152 Å². The summed E-state index contributed by atoms with van der Waals surface area (Å²) in [4.78, 5) is 39.7. The van der Waals surface area contributed by atoms with Gasteiger partial charge in [-0.1, -0.05) is 6.07 Å². The van der Waals surface area contributed by atoms with Crippen LogP contribution >= 0.6 is 0 Å². The molecule has 2 aromatic rings. The van der Waals surface area contributed by atoms with Gasteiger partial charge in [-0.2, -0.15) is 0 Å². The number of carbonyl (C=O) groups excluding carboxylic acids is 3. The molecule has 1 unspecified atom stereocenters. The first kappa shape index (κ1) is 27.1. The number of hydrogen-bond acceptors (Lipinski definition) is 9. The number of phenols is 3. The van der Waals surface area contributed by atoms with Crippen molar-refractivity contribution in [3.05, 3.63) is 46.3 Å². The standard InChI is InChI=1S/C26H31FN4O7/c1-28-25(36)20(6-3-9-32)31-14-17-15(26(31)37)4-2-5-19(17)29-12-16-21(27)22(33)18(24(35)23(16)34)13-30-7-10-38-11-8-30/h2,4-5,9,20,29,33-35H,3,6-8,10-14H2,1H3,(H,28,36). The number of halogens is 1. The average molecular weight is 531 g/mol. The van der Waals surface area contributed by atoms with Crippen molar-refractivity contribution in [1.29, 1.82) is 0 Å². The van der Waals surface area contributed by atoms with Crippen molar-refractivity contribution in [2.24, 2.45) is 0 Å². The van der Waals surface area contributed by atoms with Gasteiger partial charge in [-0.05, 0) is 18.6 Å². The second-order valence-corrected chi connectivity index (χ2v) is 9.20. The number of nitrogens with zero attached hydrogens (tertiary/aromatic N) is 2. The molecule has 0 bridgehead atoms. The molecule has 2 aliphatic heterocycles. The molecule has 5 N–H and O–H groups in total.